The van der Waals surface area contributed by atoms with Gasteiger partial charge in [-0.25, -0.2) is 0 Å². The zero-order valence-electron chi connectivity index (χ0n) is 10.4. The third kappa shape index (κ3) is 3.97. The van der Waals surface area contributed by atoms with Gasteiger partial charge in [0.15, 0.2) is 0 Å². The smallest absolute Gasteiger partial charge is 0.0521 e. The Morgan fingerprint density at radius 2 is 2.31 bits per heavy atom. The highest BCUT2D eigenvalue weighted by atomic mass is 15.2. The summed E-state index contributed by atoms with van der Waals surface area (Å²) < 4.78 is 1.88. The first-order valence-corrected chi connectivity index (χ1v) is 6.45. The summed E-state index contributed by atoms with van der Waals surface area (Å²) in [5, 5.41) is 7.77. The summed E-state index contributed by atoms with van der Waals surface area (Å²) >= 11 is 0. The molecule has 0 saturated heterocycles. The molecular formula is C13H23N3. The van der Waals surface area contributed by atoms with Gasteiger partial charge < -0.3 is 5.32 Å². The normalized spacial score (nSPS) is 17.6. The second-order valence-corrected chi connectivity index (χ2v) is 5.18. The first kappa shape index (κ1) is 11.6. The largest absolute Gasteiger partial charge is 0.314 e. The summed E-state index contributed by atoms with van der Waals surface area (Å²) in [5.74, 6) is 0.812. The van der Waals surface area contributed by atoms with Crippen LogP contribution in [0.3, 0.4) is 0 Å². The van der Waals surface area contributed by atoms with Crippen LogP contribution in [0.2, 0.25) is 0 Å². The SMILES string of the molecule is CC(CCNC1CC1)CCc1cnn(C)c1. The molecular weight excluding hydrogens is 198 g/mol. The van der Waals surface area contributed by atoms with Crippen LogP contribution in [0, 0.1) is 5.92 Å². The van der Waals surface area contributed by atoms with Crippen LogP contribution in [-0.4, -0.2) is 22.4 Å². The van der Waals surface area contributed by atoms with E-state index in [1.807, 2.05) is 17.9 Å². The molecule has 16 heavy (non-hydrogen) atoms. The molecule has 1 aliphatic rings. The molecule has 1 aliphatic carbocycles. The number of nitrogens with zero attached hydrogens (tertiary/aromatic N) is 2. The van der Waals surface area contributed by atoms with Gasteiger partial charge in [0.25, 0.3) is 0 Å². The lowest BCUT2D eigenvalue weighted by atomic mass is 10.00. The second kappa shape index (κ2) is 5.48. The van der Waals surface area contributed by atoms with Crippen molar-refractivity contribution in [1.82, 2.24) is 15.1 Å². The van der Waals surface area contributed by atoms with E-state index in [0.29, 0.717) is 0 Å². The molecule has 1 atom stereocenters. The third-order valence-electron chi connectivity index (χ3n) is 3.33. The van der Waals surface area contributed by atoms with Crippen LogP contribution >= 0.6 is 0 Å². The van der Waals surface area contributed by atoms with E-state index in [1.54, 1.807) is 0 Å². The van der Waals surface area contributed by atoms with E-state index in [-0.39, 0.29) is 0 Å². The van der Waals surface area contributed by atoms with Gasteiger partial charge in [0.1, 0.15) is 0 Å². The van der Waals surface area contributed by atoms with Gasteiger partial charge in [-0.15, -0.1) is 0 Å². The molecule has 1 N–H and O–H groups in total. The molecule has 0 spiro atoms. The highest BCUT2D eigenvalue weighted by Crippen LogP contribution is 2.19. The molecule has 0 bridgehead atoms. The van der Waals surface area contributed by atoms with Crippen molar-refractivity contribution in [3.63, 3.8) is 0 Å². The minimum Gasteiger partial charge on any atom is -0.314 e. The summed E-state index contributed by atoms with van der Waals surface area (Å²) in [7, 11) is 1.98. The summed E-state index contributed by atoms with van der Waals surface area (Å²) in [6, 6.07) is 0.852. The molecule has 3 nitrogen and oxygen atoms in total. The monoisotopic (exact) mass is 221 g/mol. The molecule has 1 saturated carbocycles. The summed E-state index contributed by atoms with van der Waals surface area (Å²) in [4.78, 5) is 0. The number of aryl methyl sites for hydroxylation is 2. The van der Waals surface area contributed by atoms with Crippen LogP contribution in [0.5, 0.6) is 0 Å². The summed E-state index contributed by atoms with van der Waals surface area (Å²) in [6.07, 6.45) is 10.6. The zero-order chi connectivity index (χ0) is 11.4. The molecule has 1 heterocycles. The van der Waals surface area contributed by atoms with Gasteiger partial charge in [-0.3, -0.25) is 4.68 Å². The standard InChI is InChI=1S/C13H23N3/c1-11(7-8-14-13-5-6-13)3-4-12-9-15-16(2)10-12/h9-11,13-14H,3-8H2,1-2H3. The van der Waals surface area contributed by atoms with Crippen molar-refractivity contribution in [3.8, 4) is 0 Å². The van der Waals surface area contributed by atoms with E-state index in [1.165, 1.54) is 44.2 Å². The Bertz CT molecular complexity index is 315. The van der Waals surface area contributed by atoms with E-state index in [4.69, 9.17) is 0 Å². The molecule has 2 rings (SSSR count). The number of hydrogen-bond acceptors (Lipinski definition) is 2. The van der Waals surface area contributed by atoms with Crippen LogP contribution < -0.4 is 5.32 Å². The predicted molar refractivity (Wildman–Crippen MR) is 66.3 cm³/mol. The first-order valence-electron chi connectivity index (χ1n) is 6.45. The van der Waals surface area contributed by atoms with Crippen molar-refractivity contribution in [3.05, 3.63) is 18.0 Å². The molecule has 0 aliphatic heterocycles. The lowest BCUT2D eigenvalue weighted by Gasteiger charge is -2.10. The Morgan fingerprint density at radius 1 is 1.50 bits per heavy atom. The molecule has 3 heteroatoms. The summed E-state index contributed by atoms with van der Waals surface area (Å²) in [5.41, 5.74) is 1.37. The average Bonchev–Trinajstić information content (AvgIpc) is 2.98. The molecule has 0 amide bonds. The Kier molecular flexibility index (Phi) is 3.99. The molecule has 0 radical (unpaired) electrons. The van der Waals surface area contributed by atoms with Gasteiger partial charge in [-0.1, -0.05) is 6.92 Å². The van der Waals surface area contributed by atoms with E-state index < -0.39 is 0 Å². The lowest BCUT2D eigenvalue weighted by Crippen LogP contribution is -2.19. The molecule has 1 aromatic heterocycles. The van der Waals surface area contributed by atoms with E-state index >= 15 is 0 Å². The van der Waals surface area contributed by atoms with Crippen LogP contribution in [0.4, 0.5) is 0 Å². The Morgan fingerprint density at radius 3 is 2.94 bits per heavy atom. The minimum atomic E-state index is 0.812. The molecule has 1 aromatic rings. The van der Waals surface area contributed by atoms with Gasteiger partial charge in [0, 0.05) is 19.3 Å². The third-order valence-corrected chi connectivity index (χ3v) is 3.33. The van der Waals surface area contributed by atoms with Gasteiger partial charge in [0.2, 0.25) is 0 Å². The topological polar surface area (TPSA) is 29.9 Å². The quantitative estimate of drug-likeness (QED) is 0.764. The van der Waals surface area contributed by atoms with Gasteiger partial charge in [-0.05, 0) is 50.1 Å². The lowest BCUT2D eigenvalue weighted by molar-refractivity contribution is 0.469. The van der Waals surface area contributed by atoms with Crippen LogP contribution in [-0.2, 0) is 13.5 Å². The number of aromatic nitrogens is 2. The van der Waals surface area contributed by atoms with Crippen LogP contribution in [0.25, 0.3) is 0 Å². The number of hydrogen-bond donors (Lipinski definition) is 1. The van der Waals surface area contributed by atoms with Crippen molar-refractivity contribution in [2.24, 2.45) is 13.0 Å². The maximum Gasteiger partial charge on any atom is 0.0521 e. The molecule has 90 valence electrons. The van der Waals surface area contributed by atoms with Crippen molar-refractivity contribution in [2.45, 2.75) is 45.1 Å². The van der Waals surface area contributed by atoms with Crippen molar-refractivity contribution in [2.75, 3.05) is 6.54 Å². The van der Waals surface area contributed by atoms with Gasteiger partial charge >= 0.3 is 0 Å². The fourth-order valence-corrected chi connectivity index (χ4v) is 1.98. The highest BCUT2D eigenvalue weighted by molar-refractivity contribution is 5.03. The van der Waals surface area contributed by atoms with Crippen molar-refractivity contribution < 1.29 is 0 Å². The van der Waals surface area contributed by atoms with Crippen LogP contribution in [0.15, 0.2) is 12.4 Å². The molecule has 0 aromatic carbocycles. The highest BCUT2D eigenvalue weighted by Gasteiger charge is 2.19. The van der Waals surface area contributed by atoms with Crippen molar-refractivity contribution >= 4 is 0 Å². The molecule has 1 unspecified atom stereocenters. The van der Waals surface area contributed by atoms with Crippen molar-refractivity contribution in [1.29, 1.82) is 0 Å². The Balaban J connectivity index is 1.57. The second-order valence-electron chi connectivity index (χ2n) is 5.18. The average molecular weight is 221 g/mol. The fraction of sp³-hybridized carbons (Fsp3) is 0.769. The van der Waals surface area contributed by atoms with E-state index in [9.17, 15) is 0 Å². The Labute approximate surface area is 98.2 Å². The molecule has 1 fully saturated rings. The fourth-order valence-electron chi connectivity index (χ4n) is 1.98. The minimum absolute atomic E-state index is 0.812. The maximum absolute atomic E-state index is 4.19. The predicted octanol–water partition coefficient (Wildman–Crippen LogP) is 2.13. The number of nitrogens with one attached hydrogen (secondary N) is 1. The maximum atomic E-state index is 4.19. The summed E-state index contributed by atoms with van der Waals surface area (Å²) in [6.45, 7) is 3.55. The van der Waals surface area contributed by atoms with Gasteiger partial charge in [-0.2, -0.15) is 5.10 Å². The van der Waals surface area contributed by atoms with E-state index in [0.717, 1.165) is 12.0 Å². The number of rotatable bonds is 7. The van der Waals surface area contributed by atoms with Gasteiger partial charge in [0.05, 0.1) is 6.20 Å². The van der Waals surface area contributed by atoms with E-state index in [2.05, 4.69) is 23.5 Å². The Hall–Kier alpha value is -0.830. The first-order chi connectivity index (χ1) is 7.74. The van der Waals surface area contributed by atoms with Crippen LogP contribution in [0.1, 0.15) is 38.2 Å². The zero-order valence-corrected chi connectivity index (χ0v) is 10.4.